The zero-order chi connectivity index (χ0) is 11.5. The molecule has 0 aromatic carbocycles. The van der Waals surface area contributed by atoms with E-state index in [1.807, 2.05) is 11.9 Å². The quantitative estimate of drug-likeness (QED) is 0.773. The second kappa shape index (κ2) is 5.17. The van der Waals surface area contributed by atoms with Crippen LogP contribution in [0.3, 0.4) is 0 Å². The second-order valence-corrected chi connectivity index (χ2v) is 5.58. The third-order valence-corrected chi connectivity index (χ3v) is 4.14. The number of amides is 1. The van der Waals surface area contributed by atoms with Crippen LogP contribution in [-0.2, 0) is 4.79 Å². The normalized spacial score (nSPS) is 31.6. The highest BCUT2D eigenvalue weighted by atomic mass is 16.2. The first-order valence-electron chi connectivity index (χ1n) is 6.66. The van der Waals surface area contributed by atoms with Gasteiger partial charge in [0.05, 0.1) is 5.92 Å². The van der Waals surface area contributed by atoms with Gasteiger partial charge in [-0.2, -0.15) is 0 Å². The zero-order valence-corrected chi connectivity index (χ0v) is 10.5. The van der Waals surface area contributed by atoms with Gasteiger partial charge in [-0.15, -0.1) is 0 Å². The Bertz CT molecular complexity index is 244. The molecule has 0 bridgehead atoms. The van der Waals surface area contributed by atoms with E-state index in [9.17, 15) is 4.79 Å². The molecule has 1 N–H and O–H groups in total. The molecule has 92 valence electrons. The maximum atomic E-state index is 12.3. The van der Waals surface area contributed by atoms with Crippen molar-refractivity contribution in [3.8, 4) is 0 Å². The van der Waals surface area contributed by atoms with Crippen molar-refractivity contribution in [3.63, 3.8) is 0 Å². The minimum Gasteiger partial charge on any atom is -0.342 e. The molecule has 2 atom stereocenters. The summed E-state index contributed by atoms with van der Waals surface area (Å²) in [6, 6.07) is 0.518. The fourth-order valence-electron chi connectivity index (χ4n) is 3.10. The van der Waals surface area contributed by atoms with E-state index in [0.29, 0.717) is 17.9 Å². The first-order valence-corrected chi connectivity index (χ1v) is 6.66. The minimum atomic E-state index is 0.217. The van der Waals surface area contributed by atoms with Crippen LogP contribution in [0.2, 0.25) is 0 Å². The number of carbonyl (C=O) groups is 1. The molecule has 1 saturated carbocycles. The SMILES string of the molecule is CC1CNCC(C(=O)N(C)C2CCCC2)C1. The van der Waals surface area contributed by atoms with Crippen molar-refractivity contribution in [2.75, 3.05) is 20.1 Å². The van der Waals surface area contributed by atoms with Crippen molar-refractivity contribution in [3.05, 3.63) is 0 Å². The molecule has 0 aromatic rings. The summed E-state index contributed by atoms with van der Waals surface area (Å²) < 4.78 is 0. The van der Waals surface area contributed by atoms with Crippen molar-refractivity contribution < 1.29 is 4.79 Å². The lowest BCUT2D eigenvalue weighted by Crippen LogP contribution is -2.46. The zero-order valence-electron chi connectivity index (χ0n) is 10.5. The number of hydrogen-bond donors (Lipinski definition) is 1. The summed E-state index contributed by atoms with van der Waals surface area (Å²) in [6.45, 7) is 4.17. The topological polar surface area (TPSA) is 32.3 Å². The van der Waals surface area contributed by atoms with Gasteiger partial charge >= 0.3 is 0 Å². The average molecular weight is 224 g/mol. The first kappa shape index (κ1) is 11.9. The molecule has 1 aliphatic carbocycles. The van der Waals surface area contributed by atoms with Crippen molar-refractivity contribution in [2.24, 2.45) is 11.8 Å². The molecule has 3 heteroatoms. The number of rotatable bonds is 2. The van der Waals surface area contributed by atoms with Gasteiger partial charge < -0.3 is 10.2 Å². The molecular weight excluding hydrogens is 200 g/mol. The molecule has 2 aliphatic rings. The Hall–Kier alpha value is -0.570. The van der Waals surface area contributed by atoms with Gasteiger partial charge in [0.2, 0.25) is 5.91 Å². The standard InChI is InChI=1S/C13H24N2O/c1-10-7-11(9-14-8-10)13(16)15(2)12-5-3-4-6-12/h10-12,14H,3-9H2,1-2H3. The Labute approximate surface area is 98.6 Å². The smallest absolute Gasteiger partial charge is 0.226 e. The van der Waals surface area contributed by atoms with E-state index in [1.54, 1.807) is 0 Å². The van der Waals surface area contributed by atoms with E-state index in [0.717, 1.165) is 19.5 Å². The van der Waals surface area contributed by atoms with Gasteiger partial charge in [0.1, 0.15) is 0 Å². The maximum absolute atomic E-state index is 12.3. The fourth-order valence-corrected chi connectivity index (χ4v) is 3.10. The first-order chi connectivity index (χ1) is 7.68. The van der Waals surface area contributed by atoms with E-state index >= 15 is 0 Å². The highest BCUT2D eigenvalue weighted by Crippen LogP contribution is 2.25. The molecule has 0 spiro atoms. The van der Waals surface area contributed by atoms with E-state index in [1.165, 1.54) is 25.7 Å². The van der Waals surface area contributed by atoms with Gasteiger partial charge in [0, 0.05) is 19.6 Å². The van der Waals surface area contributed by atoms with Crippen LogP contribution in [0.1, 0.15) is 39.0 Å². The summed E-state index contributed by atoms with van der Waals surface area (Å²) in [5.41, 5.74) is 0. The maximum Gasteiger partial charge on any atom is 0.226 e. The summed E-state index contributed by atoms with van der Waals surface area (Å²) in [7, 11) is 2.00. The van der Waals surface area contributed by atoms with E-state index in [2.05, 4.69) is 12.2 Å². The predicted octanol–water partition coefficient (Wildman–Crippen LogP) is 1.63. The van der Waals surface area contributed by atoms with Gasteiger partial charge in [-0.1, -0.05) is 19.8 Å². The molecule has 2 fully saturated rings. The Morgan fingerprint density at radius 2 is 1.94 bits per heavy atom. The third-order valence-electron chi connectivity index (χ3n) is 4.14. The third kappa shape index (κ3) is 2.57. The Balaban J connectivity index is 1.89. The summed E-state index contributed by atoms with van der Waals surface area (Å²) >= 11 is 0. The minimum absolute atomic E-state index is 0.217. The van der Waals surface area contributed by atoms with Crippen LogP contribution in [-0.4, -0.2) is 37.0 Å². The van der Waals surface area contributed by atoms with Crippen molar-refractivity contribution >= 4 is 5.91 Å². The molecule has 16 heavy (non-hydrogen) atoms. The van der Waals surface area contributed by atoms with Gasteiger partial charge in [-0.25, -0.2) is 0 Å². The lowest BCUT2D eigenvalue weighted by molar-refractivity contribution is -0.137. The van der Waals surface area contributed by atoms with Gasteiger partial charge in [-0.3, -0.25) is 4.79 Å². The van der Waals surface area contributed by atoms with Crippen LogP contribution in [0.5, 0.6) is 0 Å². The summed E-state index contributed by atoms with van der Waals surface area (Å²) in [5.74, 6) is 1.22. The molecule has 3 nitrogen and oxygen atoms in total. The summed E-state index contributed by atoms with van der Waals surface area (Å²) in [6.07, 6.45) is 6.06. The molecular formula is C13H24N2O. The monoisotopic (exact) mass is 224 g/mol. The molecule has 1 amide bonds. The van der Waals surface area contributed by atoms with Gasteiger partial charge in [0.15, 0.2) is 0 Å². The molecule has 2 rings (SSSR count). The van der Waals surface area contributed by atoms with E-state index < -0.39 is 0 Å². The van der Waals surface area contributed by atoms with Crippen LogP contribution >= 0.6 is 0 Å². The van der Waals surface area contributed by atoms with Gasteiger partial charge in [0.25, 0.3) is 0 Å². The number of hydrogen-bond acceptors (Lipinski definition) is 2. The van der Waals surface area contributed by atoms with Crippen molar-refractivity contribution in [1.82, 2.24) is 10.2 Å². The Morgan fingerprint density at radius 1 is 1.25 bits per heavy atom. The fraction of sp³-hybridized carbons (Fsp3) is 0.923. The Morgan fingerprint density at radius 3 is 2.56 bits per heavy atom. The Kier molecular flexibility index (Phi) is 3.85. The summed E-state index contributed by atoms with van der Waals surface area (Å²) in [4.78, 5) is 14.3. The highest BCUT2D eigenvalue weighted by Gasteiger charge is 2.31. The number of nitrogens with one attached hydrogen (secondary N) is 1. The van der Waals surface area contributed by atoms with Crippen molar-refractivity contribution in [1.29, 1.82) is 0 Å². The molecule has 0 radical (unpaired) electrons. The van der Waals surface area contributed by atoms with Crippen molar-refractivity contribution in [2.45, 2.75) is 45.1 Å². The van der Waals surface area contributed by atoms with Crippen LogP contribution < -0.4 is 5.32 Å². The largest absolute Gasteiger partial charge is 0.342 e. The molecule has 2 unspecified atom stereocenters. The number of nitrogens with zero attached hydrogens (tertiary/aromatic N) is 1. The molecule has 1 heterocycles. The average Bonchev–Trinajstić information content (AvgIpc) is 2.80. The summed E-state index contributed by atoms with van der Waals surface area (Å²) in [5, 5.41) is 3.36. The van der Waals surface area contributed by atoms with Crippen LogP contribution in [0, 0.1) is 11.8 Å². The second-order valence-electron chi connectivity index (χ2n) is 5.58. The number of carbonyl (C=O) groups excluding carboxylic acids is 1. The van der Waals surface area contributed by atoms with Crippen LogP contribution in [0.4, 0.5) is 0 Å². The van der Waals surface area contributed by atoms with Crippen LogP contribution in [0.25, 0.3) is 0 Å². The molecule has 1 aliphatic heterocycles. The van der Waals surface area contributed by atoms with E-state index in [-0.39, 0.29) is 5.92 Å². The molecule has 0 aromatic heterocycles. The van der Waals surface area contributed by atoms with Crippen LogP contribution in [0.15, 0.2) is 0 Å². The lowest BCUT2D eigenvalue weighted by Gasteiger charge is -2.33. The number of piperidine rings is 1. The highest BCUT2D eigenvalue weighted by molar-refractivity contribution is 5.79. The molecule has 1 saturated heterocycles. The van der Waals surface area contributed by atoms with E-state index in [4.69, 9.17) is 0 Å². The predicted molar refractivity (Wildman–Crippen MR) is 65.2 cm³/mol. The van der Waals surface area contributed by atoms with Gasteiger partial charge in [-0.05, 0) is 31.7 Å². The lowest BCUT2D eigenvalue weighted by atomic mass is 9.90.